The van der Waals surface area contributed by atoms with E-state index in [0.717, 1.165) is 29.9 Å². The zero-order valence-electron chi connectivity index (χ0n) is 11.6. The molecule has 0 aliphatic heterocycles. The van der Waals surface area contributed by atoms with Gasteiger partial charge in [-0.3, -0.25) is 4.79 Å². The summed E-state index contributed by atoms with van der Waals surface area (Å²) in [4.78, 5) is 10.8. The molecule has 0 heterocycles. The second kappa shape index (κ2) is 8.76. The lowest BCUT2D eigenvalue weighted by atomic mass is 10.1. The Morgan fingerprint density at radius 3 is 1.88 bits per heavy atom. The quantitative estimate of drug-likeness (QED) is 0.847. The number of hydrogen-bond acceptors (Lipinski definition) is 2. The van der Waals surface area contributed by atoms with Crippen molar-refractivity contribution in [2.75, 3.05) is 18.4 Å². The van der Waals surface area contributed by atoms with Gasteiger partial charge in [-0.1, -0.05) is 32.0 Å². The minimum Gasteiger partial charge on any atom is -0.326 e. The van der Waals surface area contributed by atoms with E-state index in [1.807, 2.05) is 32.0 Å². The number of hydrogen-bond donors (Lipinski definition) is 2. The summed E-state index contributed by atoms with van der Waals surface area (Å²) < 4.78 is 0. The van der Waals surface area contributed by atoms with Gasteiger partial charge < -0.3 is 10.6 Å². The van der Waals surface area contributed by atoms with Gasteiger partial charge in [0.25, 0.3) is 0 Å². The first kappa shape index (κ1) is 15.7. The molecular formula is C14H24N2O. The number of carbonyl (C=O) groups is 1. The SMILES string of the molecule is CC(=O)Nc1c(C)cccc1C.CCNCC. The third kappa shape index (κ3) is 6.74. The molecule has 3 nitrogen and oxygen atoms in total. The van der Waals surface area contributed by atoms with Gasteiger partial charge in [0.1, 0.15) is 0 Å². The Bertz CT molecular complexity index is 326. The minimum absolute atomic E-state index is 0.0209. The Kier molecular flexibility index (Phi) is 8.07. The highest BCUT2D eigenvalue weighted by Gasteiger charge is 2.01. The molecule has 0 saturated carbocycles. The van der Waals surface area contributed by atoms with Crippen LogP contribution in [0.2, 0.25) is 0 Å². The standard InChI is InChI=1S/C10H13NO.C4H11N/c1-7-5-4-6-8(2)10(7)11-9(3)12;1-3-5-4-2/h4-6H,1-3H3,(H,11,12);5H,3-4H2,1-2H3. The van der Waals surface area contributed by atoms with Crippen molar-refractivity contribution in [2.45, 2.75) is 34.6 Å². The lowest BCUT2D eigenvalue weighted by molar-refractivity contribution is -0.114. The fourth-order valence-electron chi connectivity index (χ4n) is 1.44. The fourth-order valence-corrected chi connectivity index (χ4v) is 1.44. The van der Waals surface area contributed by atoms with Crippen molar-refractivity contribution in [2.24, 2.45) is 0 Å². The largest absolute Gasteiger partial charge is 0.326 e. The van der Waals surface area contributed by atoms with Crippen LogP contribution in [0.15, 0.2) is 18.2 Å². The van der Waals surface area contributed by atoms with Gasteiger partial charge in [-0.05, 0) is 38.1 Å². The summed E-state index contributed by atoms with van der Waals surface area (Å²) in [6.07, 6.45) is 0. The van der Waals surface area contributed by atoms with E-state index in [9.17, 15) is 4.79 Å². The number of amides is 1. The fraction of sp³-hybridized carbons (Fsp3) is 0.500. The second-order valence-corrected chi connectivity index (χ2v) is 3.91. The van der Waals surface area contributed by atoms with Gasteiger partial charge in [0.2, 0.25) is 5.91 Å². The van der Waals surface area contributed by atoms with Gasteiger partial charge in [-0.15, -0.1) is 0 Å². The van der Waals surface area contributed by atoms with E-state index in [0.29, 0.717) is 0 Å². The topological polar surface area (TPSA) is 41.1 Å². The lowest BCUT2D eigenvalue weighted by Crippen LogP contribution is -2.09. The van der Waals surface area contributed by atoms with E-state index < -0.39 is 0 Å². The van der Waals surface area contributed by atoms with Gasteiger partial charge in [0.15, 0.2) is 0 Å². The number of aryl methyl sites for hydroxylation is 2. The van der Waals surface area contributed by atoms with Crippen molar-refractivity contribution in [1.82, 2.24) is 5.32 Å². The molecular weight excluding hydrogens is 212 g/mol. The minimum atomic E-state index is -0.0209. The maximum Gasteiger partial charge on any atom is 0.221 e. The van der Waals surface area contributed by atoms with Crippen molar-refractivity contribution in [3.05, 3.63) is 29.3 Å². The van der Waals surface area contributed by atoms with Gasteiger partial charge >= 0.3 is 0 Å². The molecule has 96 valence electrons. The molecule has 0 unspecified atom stereocenters. The van der Waals surface area contributed by atoms with Crippen molar-refractivity contribution in [1.29, 1.82) is 0 Å². The molecule has 0 aliphatic carbocycles. The normalized spacial score (nSPS) is 9.24. The van der Waals surface area contributed by atoms with Crippen LogP contribution in [-0.2, 0) is 4.79 Å². The van der Waals surface area contributed by atoms with Crippen molar-refractivity contribution in [3.8, 4) is 0 Å². The van der Waals surface area contributed by atoms with Crippen LogP contribution in [0.25, 0.3) is 0 Å². The molecule has 0 aromatic heterocycles. The van der Waals surface area contributed by atoms with Gasteiger partial charge in [-0.2, -0.15) is 0 Å². The van der Waals surface area contributed by atoms with E-state index in [-0.39, 0.29) is 5.91 Å². The van der Waals surface area contributed by atoms with Crippen molar-refractivity contribution < 1.29 is 4.79 Å². The number of benzene rings is 1. The summed E-state index contributed by atoms with van der Waals surface area (Å²) in [5.41, 5.74) is 3.14. The Balaban J connectivity index is 0.000000437. The Hall–Kier alpha value is -1.35. The summed E-state index contributed by atoms with van der Waals surface area (Å²) >= 11 is 0. The first-order valence-corrected chi connectivity index (χ1v) is 6.07. The molecule has 1 amide bonds. The van der Waals surface area contributed by atoms with Crippen LogP contribution in [0.3, 0.4) is 0 Å². The third-order valence-electron chi connectivity index (χ3n) is 2.28. The number of anilines is 1. The lowest BCUT2D eigenvalue weighted by Gasteiger charge is -2.08. The second-order valence-electron chi connectivity index (χ2n) is 3.91. The molecule has 1 aromatic rings. The summed E-state index contributed by atoms with van der Waals surface area (Å²) in [7, 11) is 0. The number of nitrogens with one attached hydrogen (secondary N) is 2. The van der Waals surface area contributed by atoms with Crippen LogP contribution in [0, 0.1) is 13.8 Å². The predicted molar refractivity (Wildman–Crippen MR) is 74.4 cm³/mol. The average Bonchev–Trinajstić information content (AvgIpc) is 2.25. The van der Waals surface area contributed by atoms with Crippen LogP contribution in [-0.4, -0.2) is 19.0 Å². The summed E-state index contributed by atoms with van der Waals surface area (Å²) in [6, 6.07) is 5.95. The molecule has 0 atom stereocenters. The maximum absolute atomic E-state index is 10.8. The zero-order chi connectivity index (χ0) is 13.3. The molecule has 0 aliphatic rings. The molecule has 2 N–H and O–H groups in total. The van der Waals surface area contributed by atoms with E-state index in [2.05, 4.69) is 24.5 Å². The molecule has 1 rings (SSSR count). The smallest absolute Gasteiger partial charge is 0.221 e. The van der Waals surface area contributed by atoms with Crippen LogP contribution in [0.5, 0.6) is 0 Å². The summed E-state index contributed by atoms with van der Waals surface area (Å²) in [6.45, 7) is 11.9. The monoisotopic (exact) mass is 236 g/mol. The van der Waals surface area contributed by atoms with Crippen molar-refractivity contribution >= 4 is 11.6 Å². The van der Waals surface area contributed by atoms with Gasteiger partial charge in [0.05, 0.1) is 0 Å². The van der Waals surface area contributed by atoms with Crippen molar-refractivity contribution in [3.63, 3.8) is 0 Å². The highest BCUT2D eigenvalue weighted by Crippen LogP contribution is 2.18. The molecule has 0 spiro atoms. The van der Waals surface area contributed by atoms with Crippen LogP contribution in [0.1, 0.15) is 31.9 Å². The van der Waals surface area contributed by atoms with E-state index >= 15 is 0 Å². The summed E-state index contributed by atoms with van der Waals surface area (Å²) in [5.74, 6) is -0.0209. The van der Waals surface area contributed by atoms with Gasteiger partial charge in [-0.25, -0.2) is 0 Å². The molecule has 0 bridgehead atoms. The first-order chi connectivity index (χ1) is 8.02. The number of rotatable bonds is 3. The summed E-state index contributed by atoms with van der Waals surface area (Å²) in [5, 5.41) is 5.91. The molecule has 0 fully saturated rings. The Morgan fingerprint density at radius 2 is 1.59 bits per heavy atom. The Morgan fingerprint density at radius 1 is 1.12 bits per heavy atom. The van der Waals surface area contributed by atoms with Crippen LogP contribution in [0.4, 0.5) is 5.69 Å². The van der Waals surface area contributed by atoms with Gasteiger partial charge in [0, 0.05) is 12.6 Å². The highest BCUT2D eigenvalue weighted by molar-refractivity contribution is 5.90. The molecule has 1 aromatic carbocycles. The Labute approximate surface area is 105 Å². The molecule has 17 heavy (non-hydrogen) atoms. The first-order valence-electron chi connectivity index (χ1n) is 6.07. The van der Waals surface area contributed by atoms with E-state index in [1.54, 1.807) is 0 Å². The molecule has 0 radical (unpaired) electrons. The van der Waals surface area contributed by atoms with E-state index in [1.165, 1.54) is 6.92 Å². The number of para-hydroxylation sites is 1. The van der Waals surface area contributed by atoms with Crippen LogP contribution >= 0.6 is 0 Å². The maximum atomic E-state index is 10.8. The zero-order valence-corrected chi connectivity index (χ0v) is 11.6. The third-order valence-corrected chi connectivity index (χ3v) is 2.28. The van der Waals surface area contributed by atoms with Crippen LogP contribution < -0.4 is 10.6 Å². The predicted octanol–water partition coefficient (Wildman–Crippen LogP) is 2.88. The van der Waals surface area contributed by atoms with E-state index in [4.69, 9.17) is 0 Å². The average molecular weight is 236 g/mol. The molecule has 3 heteroatoms. The molecule has 0 saturated heterocycles. The highest BCUT2D eigenvalue weighted by atomic mass is 16.1. The number of carbonyl (C=O) groups excluding carboxylic acids is 1.